The van der Waals surface area contributed by atoms with Crippen LogP contribution >= 0.6 is 0 Å². The predicted octanol–water partition coefficient (Wildman–Crippen LogP) is 2.92. The second kappa shape index (κ2) is 6.59. The fourth-order valence-corrected chi connectivity index (χ4v) is 2.10. The summed E-state index contributed by atoms with van der Waals surface area (Å²) in [5.74, 6) is 2.05. The van der Waals surface area contributed by atoms with Crippen LogP contribution < -0.4 is 5.32 Å². The lowest BCUT2D eigenvalue weighted by atomic mass is 10.2. The van der Waals surface area contributed by atoms with Crippen molar-refractivity contribution in [3.05, 3.63) is 47.3 Å². The van der Waals surface area contributed by atoms with Gasteiger partial charge in [0.1, 0.15) is 11.5 Å². The first-order chi connectivity index (χ1) is 9.19. The topological polar surface area (TPSA) is 41.6 Å². The quantitative estimate of drug-likeness (QED) is 0.833. The summed E-state index contributed by atoms with van der Waals surface area (Å²) in [6.07, 6.45) is 3.48. The van der Waals surface area contributed by atoms with Gasteiger partial charge in [-0.25, -0.2) is 0 Å². The summed E-state index contributed by atoms with van der Waals surface area (Å²) in [5.41, 5.74) is 2.39. The second-order valence-corrected chi connectivity index (χ2v) is 4.90. The zero-order chi connectivity index (χ0) is 13.7. The van der Waals surface area contributed by atoms with Crippen molar-refractivity contribution in [3.8, 4) is 0 Å². The molecule has 19 heavy (non-hydrogen) atoms. The number of furan rings is 2. The van der Waals surface area contributed by atoms with Gasteiger partial charge in [0.2, 0.25) is 0 Å². The summed E-state index contributed by atoms with van der Waals surface area (Å²) in [6, 6.07) is 4.11. The monoisotopic (exact) mass is 262 g/mol. The molecule has 0 fully saturated rings. The van der Waals surface area contributed by atoms with Crippen LogP contribution in [-0.2, 0) is 19.6 Å². The minimum atomic E-state index is 0.799. The molecular formula is C15H22N2O2. The van der Waals surface area contributed by atoms with Crippen LogP contribution in [0.3, 0.4) is 0 Å². The van der Waals surface area contributed by atoms with E-state index >= 15 is 0 Å². The van der Waals surface area contributed by atoms with Crippen molar-refractivity contribution in [2.45, 2.75) is 33.5 Å². The first-order valence-electron chi connectivity index (χ1n) is 6.67. The van der Waals surface area contributed by atoms with Crippen LogP contribution in [0, 0.1) is 6.92 Å². The van der Waals surface area contributed by atoms with E-state index in [1.165, 1.54) is 11.1 Å². The molecule has 104 valence electrons. The number of hydrogen-bond acceptors (Lipinski definition) is 4. The van der Waals surface area contributed by atoms with Gasteiger partial charge < -0.3 is 14.2 Å². The molecule has 0 amide bonds. The lowest BCUT2D eigenvalue weighted by Gasteiger charge is -2.13. The third kappa shape index (κ3) is 3.98. The largest absolute Gasteiger partial charge is 0.472 e. The molecule has 0 spiro atoms. The normalized spacial score (nSPS) is 11.4. The van der Waals surface area contributed by atoms with Gasteiger partial charge >= 0.3 is 0 Å². The highest BCUT2D eigenvalue weighted by Gasteiger charge is 2.10. The van der Waals surface area contributed by atoms with Gasteiger partial charge in [-0.05, 0) is 38.2 Å². The first kappa shape index (κ1) is 13.9. The molecule has 0 aliphatic rings. The minimum Gasteiger partial charge on any atom is -0.472 e. The Bertz CT molecular complexity index is 488. The molecule has 2 rings (SSSR count). The summed E-state index contributed by atoms with van der Waals surface area (Å²) < 4.78 is 11.0. The zero-order valence-corrected chi connectivity index (χ0v) is 11.9. The Morgan fingerprint density at radius 2 is 2.16 bits per heavy atom. The van der Waals surface area contributed by atoms with Gasteiger partial charge in [0.15, 0.2) is 0 Å². The maximum absolute atomic E-state index is 5.88. The summed E-state index contributed by atoms with van der Waals surface area (Å²) in [4.78, 5) is 2.21. The molecule has 2 aromatic rings. The molecule has 2 aromatic heterocycles. The Morgan fingerprint density at radius 1 is 1.32 bits per heavy atom. The molecule has 0 bridgehead atoms. The molecule has 0 aromatic carbocycles. The van der Waals surface area contributed by atoms with Crippen molar-refractivity contribution >= 4 is 0 Å². The summed E-state index contributed by atoms with van der Waals surface area (Å²) in [7, 11) is 2.08. The average molecular weight is 262 g/mol. The van der Waals surface area contributed by atoms with Gasteiger partial charge in [0.05, 0.1) is 25.6 Å². The van der Waals surface area contributed by atoms with Crippen LogP contribution in [0.1, 0.15) is 29.6 Å². The van der Waals surface area contributed by atoms with Crippen LogP contribution in [0.15, 0.2) is 33.5 Å². The smallest absolute Gasteiger partial charge is 0.120 e. The Morgan fingerprint density at radius 3 is 2.84 bits per heavy atom. The zero-order valence-electron chi connectivity index (χ0n) is 11.9. The second-order valence-electron chi connectivity index (χ2n) is 4.90. The maximum atomic E-state index is 5.88. The summed E-state index contributed by atoms with van der Waals surface area (Å²) >= 11 is 0. The van der Waals surface area contributed by atoms with E-state index in [1.54, 1.807) is 12.5 Å². The molecular weight excluding hydrogens is 240 g/mol. The molecule has 2 heterocycles. The Labute approximate surface area is 114 Å². The van der Waals surface area contributed by atoms with E-state index in [4.69, 9.17) is 8.83 Å². The SMILES string of the molecule is CCNCc1oc(CN(C)Cc2ccoc2)cc1C. The number of hydrogen-bond donors (Lipinski definition) is 1. The van der Waals surface area contributed by atoms with Gasteiger partial charge in [-0.1, -0.05) is 6.92 Å². The van der Waals surface area contributed by atoms with Crippen LogP contribution in [0.25, 0.3) is 0 Å². The minimum absolute atomic E-state index is 0.799. The van der Waals surface area contributed by atoms with Crippen LogP contribution in [0.2, 0.25) is 0 Å². The van der Waals surface area contributed by atoms with Gasteiger partial charge in [0.25, 0.3) is 0 Å². The fourth-order valence-electron chi connectivity index (χ4n) is 2.10. The molecule has 0 saturated carbocycles. The van der Waals surface area contributed by atoms with Crippen molar-refractivity contribution in [1.29, 1.82) is 0 Å². The Balaban J connectivity index is 1.91. The molecule has 1 N–H and O–H groups in total. The number of nitrogens with one attached hydrogen (secondary N) is 1. The van der Waals surface area contributed by atoms with Gasteiger partial charge in [-0.3, -0.25) is 4.90 Å². The summed E-state index contributed by atoms with van der Waals surface area (Å²) in [5, 5.41) is 3.29. The van der Waals surface area contributed by atoms with Crippen LogP contribution in [0.5, 0.6) is 0 Å². The molecule has 0 saturated heterocycles. The highest BCUT2D eigenvalue weighted by atomic mass is 16.3. The summed E-state index contributed by atoms with van der Waals surface area (Å²) in [6.45, 7) is 7.61. The molecule has 0 radical (unpaired) electrons. The van der Waals surface area contributed by atoms with E-state index in [9.17, 15) is 0 Å². The number of rotatable bonds is 7. The number of aryl methyl sites for hydroxylation is 1. The van der Waals surface area contributed by atoms with Crippen molar-refractivity contribution < 1.29 is 8.83 Å². The van der Waals surface area contributed by atoms with Crippen LogP contribution in [-0.4, -0.2) is 18.5 Å². The first-order valence-corrected chi connectivity index (χ1v) is 6.67. The van der Waals surface area contributed by atoms with E-state index in [0.29, 0.717) is 0 Å². The van der Waals surface area contributed by atoms with Crippen molar-refractivity contribution in [2.75, 3.05) is 13.6 Å². The standard InChI is InChI=1S/C15H22N2O2/c1-4-16-8-15-12(2)7-14(19-15)10-17(3)9-13-5-6-18-11-13/h5-7,11,16H,4,8-10H2,1-3H3. The van der Waals surface area contributed by atoms with E-state index in [-0.39, 0.29) is 0 Å². The van der Waals surface area contributed by atoms with Gasteiger partial charge in [0, 0.05) is 12.1 Å². The molecule has 0 atom stereocenters. The third-order valence-electron chi connectivity index (χ3n) is 3.07. The van der Waals surface area contributed by atoms with E-state index in [1.807, 2.05) is 6.07 Å². The predicted molar refractivity (Wildman–Crippen MR) is 74.7 cm³/mol. The molecule has 0 aliphatic carbocycles. The van der Waals surface area contributed by atoms with Crippen molar-refractivity contribution in [2.24, 2.45) is 0 Å². The Kier molecular flexibility index (Phi) is 4.82. The molecule has 0 aliphatic heterocycles. The molecule has 4 heteroatoms. The highest BCUT2D eigenvalue weighted by Crippen LogP contribution is 2.16. The molecule has 0 unspecified atom stereocenters. The van der Waals surface area contributed by atoms with E-state index in [0.717, 1.165) is 37.7 Å². The lowest BCUT2D eigenvalue weighted by molar-refractivity contribution is 0.282. The van der Waals surface area contributed by atoms with Crippen molar-refractivity contribution in [1.82, 2.24) is 10.2 Å². The third-order valence-corrected chi connectivity index (χ3v) is 3.07. The Hall–Kier alpha value is -1.52. The van der Waals surface area contributed by atoms with Crippen LogP contribution in [0.4, 0.5) is 0 Å². The van der Waals surface area contributed by atoms with Gasteiger partial charge in [-0.2, -0.15) is 0 Å². The van der Waals surface area contributed by atoms with E-state index < -0.39 is 0 Å². The fraction of sp³-hybridized carbons (Fsp3) is 0.467. The lowest BCUT2D eigenvalue weighted by Crippen LogP contribution is -2.16. The number of nitrogens with zero attached hydrogens (tertiary/aromatic N) is 1. The molecule has 4 nitrogen and oxygen atoms in total. The van der Waals surface area contributed by atoms with Gasteiger partial charge in [-0.15, -0.1) is 0 Å². The van der Waals surface area contributed by atoms with E-state index in [2.05, 4.69) is 37.2 Å². The maximum Gasteiger partial charge on any atom is 0.120 e. The van der Waals surface area contributed by atoms with Crippen molar-refractivity contribution in [3.63, 3.8) is 0 Å². The average Bonchev–Trinajstić information content (AvgIpc) is 2.97. The highest BCUT2D eigenvalue weighted by molar-refractivity contribution is 5.20.